The summed E-state index contributed by atoms with van der Waals surface area (Å²) in [6, 6.07) is 6.56. The smallest absolute Gasteiger partial charge is 0.143 e. The van der Waals surface area contributed by atoms with Crippen LogP contribution in [0.1, 0.15) is 32.8 Å². The van der Waals surface area contributed by atoms with Gasteiger partial charge in [0, 0.05) is 12.6 Å². The van der Waals surface area contributed by atoms with Crippen molar-refractivity contribution >= 4 is 5.69 Å². The van der Waals surface area contributed by atoms with Crippen LogP contribution in [0, 0.1) is 6.92 Å². The number of benzene rings is 1. The van der Waals surface area contributed by atoms with Gasteiger partial charge in [0.05, 0.1) is 12.2 Å². The summed E-state index contributed by atoms with van der Waals surface area (Å²) < 4.78 is 6.04. The Morgan fingerprint density at radius 2 is 2.17 bits per heavy atom. The van der Waals surface area contributed by atoms with Gasteiger partial charge in [-0.05, 0) is 44.9 Å². The minimum absolute atomic E-state index is 0.157. The van der Waals surface area contributed by atoms with Crippen LogP contribution < -0.4 is 15.4 Å². The molecule has 0 radical (unpaired) electrons. The van der Waals surface area contributed by atoms with Crippen LogP contribution >= 0.6 is 0 Å². The van der Waals surface area contributed by atoms with Gasteiger partial charge in [-0.3, -0.25) is 0 Å². The number of hydrogen-bond donors (Lipinski definition) is 1. The molecule has 1 aliphatic heterocycles. The summed E-state index contributed by atoms with van der Waals surface area (Å²) in [5.41, 5.74) is 8.38. The highest BCUT2D eigenvalue weighted by atomic mass is 16.5. The summed E-state index contributed by atoms with van der Waals surface area (Å²) in [6.45, 7) is 10.3. The van der Waals surface area contributed by atoms with Crippen LogP contribution in [0.2, 0.25) is 0 Å². The first-order valence-electron chi connectivity index (χ1n) is 6.71. The van der Waals surface area contributed by atoms with Crippen molar-refractivity contribution in [3.8, 4) is 5.75 Å². The first kappa shape index (κ1) is 13.2. The van der Waals surface area contributed by atoms with E-state index in [0.717, 1.165) is 25.3 Å². The van der Waals surface area contributed by atoms with Crippen LogP contribution in [0.25, 0.3) is 0 Å². The zero-order chi connectivity index (χ0) is 13.3. The van der Waals surface area contributed by atoms with Gasteiger partial charge in [-0.25, -0.2) is 0 Å². The predicted molar refractivity (Wildman–Crippen MR) is 76.4 cm³/mol. The van der Waals surface area contributed by atoms with E-state index in [0.29, 0.717) is 0 Å². The van der Waals surface area contributed by atoms with E-state index in [4.69, 9.17) is 10.5 Å². The molecule has 18 heavy (non-hydrogen) atoms. The maximum Gasteiger partial charge on any atom is 0.143 e. The molecule has 0 fully saturated rings. The van der Waals surface area contributed by atoms with Gasteiger partial charge >= 0.3 is 0 Å². The Balaban J connectivity index is 2.32. The molecule has 100 valence electrons. The molecule has 0 bridgehead atoms. The van der Waals surface area contributed by atoms with Gasteiger partial charge in [0.25, 0.3) is 0 Å². The predicted octanol–water partition coefficient (Wildman–Crippen LogP) is 2.71. The van der Waals surface area contributed by atoms with Gasteiger partial charge in [0.1, 0.15) is 11.4 Å². The van der Waals surface area contributed by atoms with Crippen molar-refractivity contribution in [3.05, 3.63) is 23.8 Å². The van der Waals surface area contributed by atoms with E-state index in [1.165, 1.54) is 11.3 Å². The van der Waals surface area contributed by atoms with Crippen molar-refractivity contribution < 1.29 is 4.74 Å². The van der Waals surface area contributed by atoms with Crippen LogP contribution in [0.5, 0.6) is 5.75 Å². The number of rotatable bonds is 3. The second kappa shape index (κ2) is 4.81. The van der Waals surface area contributed by atoms with Crippen LogP contribution in [0.4, 0.5) is 5.69 Å². The number of aryl methyl sites for hydroxylation is 1. The molecule has 3 heteroatoms. The summed E-state index contributed by atoms with van der Waals surface area (Å²) in [4.78, 5) is 2.36. The zero-order valence-corrected chi connectivity index (χ0v) is 11.9. The third kappa shape index (κ3) is 2.78. The second-order valence-corrected chi connectivity index (χ2v) is 5.88. The molecular weight excluding hydrogens is 224 g/mol. The highest BCUT2D eigenvalue weighted by Crippen LogP contribution is 2.37. The number of nitrogens with zero attached hydrogens (tertiary/aromatic N) is 1. The fourth-order valence-electron chi connectivity index (χ4n) is 2.41. The monoisotopic (exact) mass is 248 g/mol. The summed E-state index contributed by atoms with van der Waals surface area (Å²) in [7, 11) is 0. The standard InChI is InChI=1S/C15H24N2O/c1-5-12(16)9-17-10-15(3,4)18-14-7-6-11(2)8-13(14)17/h6-8,12H,5,9-10,16H2,1-4H3. The molecule has 1 aliphatic rings. The van der Waals surface area contributed by atoms with E-state index < -0.39 is 0 Å². The minimum atomic E-state index is -0.157. The lowest BCUT2D eigenvalue weighted by molar-refractivity contribution is 0.104. The molecule has 0 aromatic heterocycles. The SMILES string of the molecule is CCC(N)CN1CC(C)(C)Oc2ccc(C)cc21. The minimum Gasteiger partial charge on any atom is -0.484 e. The van der Waals surface area contributed by atoms with Crippen LogP contribution in [-0.2, 0) is 0 Å². The molecule has 0 saturated carbocycles. The lowest BCUT2D eigenvalue weighted by Crippen LogP contribution is -2.50. The van der Waals surface area contributed by atoms with Crippen molar-refractivity contribution in [3.63, 3.8) is 0 Å². The molecule has 1 aromatic rings. The normalized spacial score (nSPS) is 19.1. The first-order valence-corrected chi connectivity index (χ1v) is 6.71. The van der Waals surface area contributed by atoms with E-state index in [1.54, 1.807) is 0 Å². The molecule has 1 aromatic carbocycles. The van der Waals surface area contributed by atoms with Crippen LogP contribution in [-0.4, -0.2) is 24.7 Å². The highest BCUT2D eigenvalue weighted by Gasteiger charge is 2.32. The first-order chi connectivity index (χ1) is 8.41. The van der Waals surface area contributed by atoms with Gasteiger partial charge in [-0.1, -0.05) is 13.0 Å². The molecule has 1 unspecified atom stereocenters. The van der Waals surface area contributed by atoms with E-state index in [9.17, 15) is 0 Å². The van der Waals surface area contributed by atoms with E-state index in [-0.39, 0.29) is 11.6 Å². The summed E-state index contributed by atoms with van der Waals surface area (Å²) in [6.07, 6.45) is 0.999. The Kier molecular flexibility index (Phi) is 3.53. The summed E-state index contributed by atoms with van der Waals surface area (Å²) >= 11 is 0. The van der Waals surface area contributed by atoms with Gasteiger partial charge < -0.3 is 15.4 Å². The third-order valence-corrected chi connectivity index (χ3v) is 3.39. The molecule has 2 rings (SSSR count). The molecule has 3 nitrogen and oxygen atoms in total. The van der Waals surface area contributed by atoms with E-state index in [1.807, 2.05) is 0 Å². The zero-order valence-electron chi connectivity index (χ0n) is 11.9. The van der Waals surface area contributed by atoms with Crippen molar-refractivity contribution in [2.75, 3.05) is 18.0 Å². The lowest BCUT2D eigenvalue weighted by Gasteiger charge is -2.42. The molecule has 0 spiro atoms. The highest BCUT2D eigenvalue weighted by molar-refractivity contribution is 5.62. The van der Waals surface area contributed by atoms with Crippen molar-refractivity contribution in [2.45, 2.75) is 45.8 Å². The topological polar surface area (TPSA) is 38.5 Å². The summed E-state index contributed by atoms with van der Waals surface area (Å²) in [5, 5.41) is 0. The van der Waals surface area contributed by atoms with Gasteiger partial charge in [-0.2, -0.15) is 0 Å². The fraction of sp³-hybridized carbons (Fsp3) is 0.600. The third-order valence-electron chi connectivity index (χ3n) is 3.39. The average Bonchev–Trinajstić information content (AvgIpc) is 2.29. The van der Waals surface area contributed by atoms with Gasteiger partial charge in [-0.15, -0.1) is 0 Å². The lowest BCUT2D eigenvalue weighted by atomic mass is 10.0. The quantitative estimate of drug-likeness (QED) is 0.894. The Morgan fingerprint density at radius 1 is 1.44 bits per heavy atom. The Labute approximate surface area is 110 Å². The number of ether oxygens (including phenoxy) is 1. The van der Waals surface area contributed by atoms with E-state index >= 15 is 0 Å². The largest absolute Gasteiger partial charge is 0.484 e. The molecule has 1 heterocycles. The number of hydrogen-bond acceptors (Lipinski definition) is 3. The van der Waals surface area contributed by atoms with Crippen molar-refractivity contribution in [2.24, 2.45) is 5.73 Å². The molecule has 0 amide bonds. The Bertz CT molecular complexity index is 429. The van der Waals surface area contributed by atoms with E-state index in [2.05, 4.69) is 50.8 Å². The van der Waals surface area contributed by atoms with Gasteiger partial charge in [0.2, 0.25) is 0 Å². The fourth-order valence-corrected chi connectivity index (χ4v) is 2.41. The molecule has 0 saturated heterocycles. The molecule has 0 aliphatic carbocycles. The van der Waals surface area contributed by atoms with Crippen LogP contribution in [0.15, 0.2) is 18.2 Å². The van der Waals surface area contributed by atoms with Gasteiger partial charge in [0.15, 0.2) is 0 Å². The second-order valence-electron chi connectivity index (χ2n) is 5.88. The maximum absolute atomic E-state index is 6.11. The van der Waals surface area contributed by atoms with Crippen molar-refractivity contribution in [1.82, 2.24) is 0 Å². The molecule has 1 atom stereocenters. The van der Waals surface area contributed by atoms with Crippen LogP contribution in [0.3, 0.4) is 0 Å². The van der Waals surface area contributed by atoms with Crippen molar-refractivity contribution in [1.29, 1.82) is 0 Å². The molecular formula is C15H24N2O. The number of fused-ring (bicyclic) bond motifs is 1. The number of nitrogens with two attached hydrogens (primary N) is 1. The number of anilines is 1. The maximum atomic E-state index is 6.11. The Hall–Kier alpha value is -1.22. The Morgan fingerprint density at radius 3 is 2.83 bits per heavy atom. The molecule has 2 N–H and O–H groups in total. The average molecular weight is 248 g/mol. The summed E-state index contributed by atoms with van der Waals surface area (Å²) in [5.74, 6) is 0.972.